The quantitative estimate of drug-likeness (QED) is 0.633. The summed E-state index contributed by atoms with van der Waals surface area (Å²) in [7, 11) is 1.42. The van der Waals surface area contributed by atoms with Gasteiger partial charge >= 0.3 is 12.1 Å². The van der Waals surface area contributed by atoms with Gasteiger partial charge in [0.2, 0.25) is 0 Å². The monoisotopic (exact) mass is 269 g/mol. The van der Waals surface area contributed by atoms with Crippen LogP contribution in [0.15, 0.2) is 23.5 Å². The van der Waals surface area contributed by atoms with E-state index in [0.29, 0.717) is 12.0 Å². The average molecular weight is 269 g/mol. The number of rotatable bonds is 3. The summed E-state index contributed by atoms with van der Waals surface area (Å²) in [6.45, 7) is -0.217. The number of aliphatic hydroxyl groups excluding tert-OH is 1. The first-order chi connectivity index (χ1) is 9.08. The number of carboxylic acids is 1. The number of carbonyl (C=O) groups is 2. The Hall–Kier alpha value is -2.02. The van der Waals surface area contributed by atoms with Gasteiger partial charge in [-0.25, -0.2) is 9.59 Å². The van der Waals surface area contributed by atoms with E-state index in [2.05, 4.69) is 5.32 Å². The summed E-state index contributed by atoms with van der Waals surface area (Å²) < 4.78 is 10.2. The third kappa shape index (κ3) is 2.41. The summed E-state index contributed by atoms with van der Waals surface area (Å²) in [5, 5.41) is 20.7. The van der Waals surface area contributed by atoms with E-state index in [9.17, 15) is 14.7 Å². The highest BCUT2D eigenvalue weighted by atomic mass is 16.7. The zero-order valence-electron chi connectivity index (χ0n) is 10.3. The molecule has 1 heterocycles. The van der Waals surface area contributed by atoms with Crippen molar-refractivity contribution >= 4 is 12.1 Å². The number of aliphatic hydroxyl groups is 1. The fraction of sp³-hybridized carbons (Fsp3) is 0.500. The molecule has 0 unspecified atom stereocenters. The third-order valence-electron chi connectivity index (χ3n) is 3.37. The number of carboxylic acid groups (broad SMARTS) is 1. The molecule has 0 saturated heterocycles. The molecule has 0 saturated carbocycles. The lowest BCUT2D eigenvalue weighted by molar-refractivity contribution is -0.138. The molecule has 0 spiro atoms. The molecule has 0 aromatic rings. The predicted molar refractivity (Wildman–Crippen MR) is 62.9 cm³/mol. The number of carbonyl (C=O) groups excluding carboxylic acids is 1. The van der Waals surface area contributed by atoms with Gasteiger partial charge in [-0.1, -0.05) is 6.08 Å². The summed E-state index contributed by atoms with van der Waals surface area (Å²) in [5.74, 6) is -1.87. The Balaban J connectivity index is 2.24. The largest absolute Gasteiger partial charge is 0.478 e. The van der Waals surface area contributed by atoms with Crippen LogP contribution in [0.5, 0.6) is 0 Å². The first-order valence-corrected chi connectivity index (χ1v) is 5.85. The van der Waals surface area contributed by atoms with Crippen molar-refractivity contribution in [3.8, 4) is 0 Å². The van der Waals surface area contributed by atoms with E-state index in [-0.39, 0.29) is 18.1 Å². The van der Waals surface area contributed by atoms with Gasteiger partial charge in [-0.15, -0.1) is 0 Å². The van der Waals surface area contributed by atoms with Crippen molar-refractivity contribution in [2.45, 2.75) is 12.7 Å². The molecule has 19 heavy (non-hydrogen) atoms. The Morgan fingerprint density at radius 2 is 2.32 bits per heavy atom. The van der Waals surface area contributed by atoms with Gasteiger partial charge in [-0.2, -0.15) is 0 Å². The fourth-order valence-corrected chi connectivity index (χ4v) is 2.46. The van der Waals surface area contributed by atoms with Gasteiger partial charge in [-0.3, -0.25) is 0 Å². The van der Waals surface area contributed by atoms with Crippen LogP contribution in [0.1, 0.15) is 6.42 Å². The molecule has 7 heteroatoms. The zero-order valence-corrected chi connectivity index (χ0v) is 10.3. The normalized spacial score (nSPS) is 28.6. The molecule has 0 bridgehead atoms. The highest BCUT2D eigenvalue weighted by Gasteiger charge is 2.45. The van der Waals surface area contributed by atoms with E-state index in [4.69, 9.17) is 14.6 Å². The van der Waals surface area contributed by atoms with E-state index in [1.54, 1.807) is 6.08 Å². The van der Waals surface area contributed by atoms with Crippen LogP contribution in [-0.4, -0.2) is 42.2 Å². The standard InChI is InChI=1S/C12H15NO6/c1-13-12(17)19-11-9-6(4-14)2-3-7(9)8(5-18-11)10(15)16/h2,5,7,9,11,14H,3-4H2,1H3,(H,13,17)(H,15,16)/t7-,9+,11+/m1/s1. The van der Waals surface area contributed by atoms with Gasteiger partial charge in [0.15, 0.2) is 0 Å². The minimum atomic E-state index is -1.07. The highest BCUT2D eigenvalue weighted by Crippen LogP contribution is 2.43. The molecule has 0 fully saturated rings. The van der Waals surface area contributed by atoms with E-state index in [0.717, 1.165) is 6.26 Å². The first kappa shape index (κ1) is 13.4. The van der Waals surface area contributed by atoms with Crippen molar-refractivity contribution in [3.05, 3.63) is 23.5 Å². The van der Waals surface area contributed by atoms with Crippen molar-refractivity contribution in [2.75, 3.05) is 13.7 Å². The summed E-state index contributed by atoms with van der Waals surface area (Å²) in [5.41, 5.74) is 0.757. The number of hydrogen-bond donors (Lipinski definition) is 3. The molecule has 104 valence electrons. The topological polar surface area (TPSA) is 105 Å². The molecule has 1 aliphatic carbocycles. The first-order valence-electron chi connectivity index (χ1n) is 5.85. The van der Waals surface area contributed by atoms with E-state index < -0.39 is 24.3 Å². The molecule has 0 aromatic carbocycles. The molecule has 3 N–H and O–H groups in total. The number of amides is 1. The van der Waals surface area contributed by atoms with Crippen molar-refractivity contribution in [1.82, 2.24) is 5.32 Å². The van der Waals surface area contributed by atoms with Crippen molar-refractivity contribution in [3.63, 3.8) is 0 Å². The van der Waals surface area contributed by atoms with E-state index in [1.807, 2.05) is 0 Å². The van der Waals surface area contributed by atoms with Crippen LogP contribution in [0.2, 0.25) is 0 Å². The van der Waals surface area contributed by atoms with Crippen LogP contribution < -0.4 is 5.32 Å². The second-order valence-corrected chi connectivity index (χ2v) is 4.34. The maximum absolute atomic E-state index is 11.2. The van der Waals surface area contributed by atoms with Gasteiger partial charge in [0.05, 0.1) is 24.4 Å². The maximum atomic E-state index is 11.2. The summed E-state index contributed by atoms with van der Waals surface area (Å²) in [6.07, 6.45) is 1.77. The van der Waals surface area contributed by atoms with Gasteiger partial charge in [0, 0.05) is 13.0 Å². The number of nitrogens with one attached hydrogen (secondary N) is 1. The maximum Gasteiger partial charge on any atom is 0.409 e. The number of fused-ring (bicyclic) bond motifs is 1. The number of aliphatic carboxylic acids is 1. The molecule has 0 radical (unpaired) electrons. The Kier molecular flexibility index (Phi) is 3.75. The minimum Gasteiger partial charge on any atom is -0.478 e. The minimum absolute atomic E-state index is 0.126. The number of hydrogen-bond acceptors (Lipinski definition) is 5. The van der Waals surface area contributed by atoms with Gasteiger partial charge < -0.3 is 25.0 Å². The fourth-order valence-electron chi connectivity index (χ4n) is 2.46. The molecule has 3 atom stereocenters. The Bertz CT molecular complexity index is 455. The SMILES string of the molecule is CNC(=O)O[C@@H]1OC=C(C(=O)O)[C@H]2CC=C(CO)[C@H]12. The van der Waals surface area contributed by atoms with Crippen molar-refractivity contribution < 1.29 is 29.3 Å². The van der Waals surface area contributed by atoms with Crippen LogP contribution in [0.3, 0.4) is 0 Å². The predicted octanol–water partition coefficient (Wildman–Crippen LogP) is 0.222. The van der Waals surface area contributed by atoms with Crippen LogP contribution in [0.25, 0.3) is 0 Å². The Labute approximate surface area is 109 Å². The third-order valence-corrected chi connectivity index (χ3v) is 3.37. The molecular formula is C12H15NO6. The molecular weight excluding hydrogens is 254 g/mol. The number of alkyl carbamates (subject to hydrolysis) is 1. The lowest BCUT2D eigenvalue weighted by atomic mass is 9.83. The highest BCUT2D eigenvalue weighted by molar-refractivity contribution is 5.87. The van der Waals surface area contributed by atoms with Crippen molar-refractivity contribution in [2.24, 2.45) is 11.8 Å². The number of ether oxygens (including phenoxy) is 2. The Morgan fingerprint density at radius 3 is 2.89 bits per heavy atom. The molecule has 2 aliphatic rings. The van der Waals surface area contributed by atoms with Crippen LogP contribution >= 0.6 is 0 Å². The van der Waals surface area contributed by atoms with Crippen LogP contribution in [0.4, 0.5) is 4.79 Å². The van der Waals surface area contributed by atoms with Gasteiger partial charge in [-0.05, 0) is 12.0 Å². The average Bonchev–Trinajstić information content (AvgIpc) is 2.82. The number of allylic oxidation sites excluding steroid dienone is 1. The van der Waals surface area contributed by atoms with Gasteiger partial charge in [0.1, 0.15) is 0 Å². The molecule has 7 nitrogen and oxygen atoms in total. The second kappa shape index (κ2) is 5.31. The lowest BCUT2D eigenvalue weighted by Crippen LogP contribution is -2.40. The summed E-state index contributed by atoms with van der Waals surface area (Å²) in [6, 6.07) is 0. The van der Waals surface area contributed by atoms with E-state index >= 15 is 0 Å². The summed E-state index contributed by atoms with van der Waals surface area (Å²) in [4.78, 5) is 22.4. The van der Waals surface area contributed by atoms with Gasteiger partial charge in [0.25, 0.3) is 6.29 Å². The van der Waals surface area contributed by atoms with Crippen LogP contribution in [-0.2, 0) is 14.3 Å². The molecule has 1 amide bonds. The summed E-state index contributed by atoms with van der Waals surface area (Å²) >= 11 is 0. The van der Waals surface area contributed by atoms with E-state index in [1.165, 1.54) is 7.05 Å². The molecule has 2 rings (SSSR count). The molecule has 0 aromatic heterocycles. The van der Waals surface area contributed by atoms with Crippen LogP contribution in [0, 0.1) is 11.8 Å². The zero-order chi connectivity index (χ0) is 14.0. The molecule has 1 aliphatic heterocycles. The van der Waals surface area contributed by atoms with Crippen molar-refractivity contribution in [1.29, 1.82) is 0 Å². The second-order valence-electron chi connectivity index (χ2n) is 4.34. The smallest absolute Gasteiger partial charge is 0.409 e. The lowest BCUT2D eigenvalue weighted by Gasteiger charge is -2.33. The Morgan fingerprint density at radius 1 is 1.58 bits per heavy atom.